The van der Waals surface area contributed by atoms with Gasteiger partial charge in [-0.15, -0.1) is 0 Å². The molecule has 1 atom stereocenters. The minimum Gasteiger partial charge on any atom is -0.495 e. The fraction of sp³-hybridized carbons (Fsp3) is 0.647. The maximum absolute atomic E-state index is 12.6. The zero-order valence-electron chi connectivity index (χ0n) is 14.9. The van der Waals surface area contributed by atoms with Gasteiger partial charge < -0.3 is 9.64 Å². The molecule has 0 spiro atoms. The molecule has 5 nitrogen and oxygen atoms in total. The molecular weight excluding hydrogens is 312 g/mol. The first kappa shape index (κ1) is 19.9. The standard InChI is InChI=1S/C17H30N2O3S/c1-6-19(7-2)12-8-9-15(4)18-23(20,21)17-13-14(3)10-11-16(17)22-5/h10-11,13,15,18H,6-9,12H2,1-5H3/t15-/m1/s1. The molecule has 6 heteroatoms. The Morgan fingerprint density at radius 3 is 2.48 bits per heavy atom. The molecule has 23 heavy (non-hydrogen) atoms. The lowest BCUT2D eigenvalue weighted by molar-refractivity contribution is 0.293. The second kappa shape index (κ2) is 9.25. The van der Waals surface area contributed by atoms with Crippen molar-refractivity contribution in [1.29, 1.82) is 0 Å². The number of aryl methyl sites for hydroxylation is 1. The summed E-state index contributed by atoms with van der Waals surface area (Å²) in [4.78, 5) is 2.54. The molecule has 0 aliphatic heterocycles. The summed E-state index contributed by atoms with van der Waals surface area (Å²) in [6.45, 7) is 11.1. The van der Waals surface area contributed by atoms with Crippen LogP contribution in [0.1, 0.15) is 39.2 Å². The molecule has 0 aliphatic carbocycles. The molecule has 0 aromatic heterocycles. The summed E-state index contributed by atoms with van der Waals surface area (Å²) in [5.41, 5.74) is 0.889. The molecule has 1 aromatic carbocycles. The lowest BCUT2D eigenvalue weighted by Gasteiger charge is -2.20. The summed E-state index contributed by atoms with van der Waals surface area (Å²) in [6.07, 6.45) is 1.78. The quantitative estimate of drug-likeness (QED) is 0.710. The Bertz CT molecular complexity index is 584. The van der Waals surface area contributed by atoms with E-state index in [0.29, 0.717) is 5.75 Å². The van der Waals surface area contributed by atoms with Crippen LogP contribution in [0.15, 0.2) is 23.1 Å². The van der Waals surface area contributed by atoms with Crippen LogP contribution in [0.4, 0.5) is 0 Å². The van der Waals surface area contributed by atoms with Gasteiger partial charge in [-0.3, -0.25) is 0 Å². The first-order valence-corrected chi connectivity index (χ1v) is 9.71. The van der Waals surface area contributed by atoms with Gasteiger partial charge in [0.25, 0.3) is 0 Å². The molecule has 0 amide bonds. The van der Waals surface area contributed by atoms with Gasteiger partial charge >= 0.3 is 0 Å². The van der Waals surface area contributed by atoms with Crippen molar-refractivity contribution in [2.45, 2.75) is 51.5 Å². The molecule has 0 fully saturated rings. The Hall–Kier alpha value is -1.11. The smallest absolute Gasteiger partial charge is 0.244 e. The molecule has 1 N–H and O–H groups in total. The largest absolute Gasteiger partial charge is 0.495 e. The van der Waals surface area contributed by atoms with Crippen molar-refractivity contribution in [2.75, 3.05) is 26.7 Å². The third-order valence-electron chi connectivity index (χ3n) is 3.97. The van der Waals surface area contributed by atoms with Crippen molar-refractivity contribution < 1.29 is 13.2 Å². The second-order valence-electron chi connectivity index (χ2n) is 5.85. The average molecular weight is 343 g/mol. The van der Waals surface area contributed by atoms with E-state index >= 15 is 0 Å². The number of benzene rings is 1. The topological polar surface area (TPSA) is 58.6 Å². The van der Waals surface area contributed by atoms with Gasteiger partial charge in [-0.2, -0.15) is 0 Å². The number of sulfonamides is 1. The van der Waals surface area contributed by atoms with Crippen LogP contribution in [0.5, 0.6) is 5.75 Å². The number of nitrogens with one attached hydrogen (secondary N) is 1. The van der Waals surface area contributed by atoms with E-state index < -0.39 is 10.0 Å². The van der Waals surface area contributed by atoms with Crippen molar-refractivity contribution in [3.05, 3.63) is 23.8 Å². The van der Waals surface area contributed by atoms with E-state index in [1.165, 1.54) is 7.11 Å². The molecule has 132 valence electrons. The number of nitrogens with zero attached hydrogens (tertiary/aromatic N) is 1. The minimum absolute atomic E-state index is 0.110. The third kappa shape index (κ3) is 6.12. The van der Waals surface area contributed by atoms with Crippen molar-refractivity contribution >= 4 is 10.0 Å². The zero-order chi connectivity index (χ0) is 17.5. The summed E-state index contributed by atoms with van der Waals surface area (Å²) in [5.74, 6) is 0.374. The highest BCUT2D eigenvalue weighted by Gasteiger charge is 2.21. The molecule has 0 aliphatic rings. The van der Waals surface area contributed by atoms with Gasteiger partial charge in [0, 0.05) is 6.04 Å². The fourth-order valence-corrected chi connectivity index (χ4v) is 4.07. The average Bonchev–Trinajstić information content (AvgIpc) is 2.51. The molecule has 0 saturated heterocycles. The molecule has 0 unspecified atom stereocenters. The molecule has 0 saturated carbocycles. The molecule has 0 heterocycles. The lowest BCUT2D eigenvalue weighted by Crippen LogP contribution is -2.34. The highest BCUT2D eigenvalue weighted by molar-refractivity contribution is 7.89. The van der Waals surface area contributed by atoms with E-state index in [1.807, 2.05) is 19.9 Å². The summed E-state index contributed by atoms with van der Waals surface area (Å²) in [5, 5.41) is 0. The van der Waals surface area contributed by atoms with Crippen molar-refractivity contribution in [3.63, 3.8) is 0 Å². The molecule has 0 radical (unpaired) electrons. The number of ether oxygens (including phenoxy) is 1. The van der Waals surface area contributed by atoms with Crippen molar-refractivity contribution in [2.24, 2.45) is 0 Å². The second-order valence-corrected chi connectivity index (χ2v) is 7.53. The SMILES string of the molecule is CCN(CC)CCC[C@@H](C)NS(=O)(=O)c1cc(C)ccc1OC. The normalized spacial score (nSPS) is 13.3. The van der Waals surface area contributed by atoms with Crippen molar-refractivity contribution in [3.8, 4) is 5.75 Å². The summed E-state index contributed by atoms with van der Waals surface area (Å²) in [6, 6.07) is 5.06. The Balaban J connectivity index is 2.69. The van der Waals surface area contributed by atoms with Crippen LogP contribution >= 0.6 is 0 Å². The Morgan fingerprint density at radius 2 is 1.91 bits per heavy atom. The van der Waals surface area contributed by atoms with E-state index in [-0.39, 0.29) is 10.9 Å². The predicted octanol–water partition coefficient (Wildman–Crippen LogP) is 2.79. The highest BCUT2D eigenvalue weighted by atomic mass is 32.2. The number of rotatable bonds is 10. The summed E-state index contributed by atoms with van der Waals surface area (Å²) < 4.78 is 33.1. The van der Waals surface area contributed by atoms with Crippen LogP contribution in [0, 0.1) is 6.92 Å². The van der Waals surface area contributed by atoms with E-state index in [2.05, 4.69) is 23.5 Å². The Kier molecular flexibility index (Phi) is 8.02. The number of hydrogen-bond acceptors (Lipinski definition) is 4. The van der Waals surface area contributed by atoms with E-state index in [9.17, 15) is 8.42 Å². The summed E-state index contributed by atoms with van der Waals surface area (Å²) >= 11 is 0. The monoisotopic (exact) mass is 342 g/mol. The van der Waals surface area contributed by atoms with E-state index in [0.717, 1.165) is 38.0 Å². The van der Waals surface area contributed by atoms with Crippen LogP contribution in [0.2, 0.25) is 0 Å². The Morgan fingerprint density at radius 1 is 1.26 bits per heavy atom. The molecule has 1 aromatic rings. The van der Waals surface area contributed by atoms with Gasteiger partial charge in [-0.25, -0.2) is 13.1 Å². The third-order valence-corrected chi connectivity index (χ3v) is 5.58. The Labute approximate surface area is 141 Å². The van der Waals surface area contributed by atoms with Crippen LogP contribution in [0.3, 0.4) is 0 Å². The predicted molar refractivity (Wildman–Crippen MR) is 94.5 cm³/mol. The van der Waals surface area contributed by atoms with Gasteiger partial charge in [-0.1, -0.05) is 19.9 Å². The maximum Gasteiger partial charge on any atom is 0.244 e. The zero-order valence-corrected chi connectivity index (χ0v) is 15.7. The first-order chi connectivity index (χ1) is 10.8. The summed E-state index contributed by atoms with van der Waals surface area (Å²) in [7, 11) is -2.09. The lowest BCUT2D eigenvalue weighted by atomic mass is 10.2. The van der Waals surface area contributed by atoms with Gasteiger partial charge in [0.05, 0.1) is 7.11 Å². The fourth-order valence-electron chi connectivity index (χ4n) is 2.54. The van der Waals surface area contributed by atoms with E-state index in [1.54, 1.807) is 12.1 Å². The molecule has 0 bridgehead atoms. The first-order valence-electron chi connectivity index (χ1n) is 8.23. The van der Waals surface area contributed by atoms with Crippen molar-refractivity contribution in [1.82, 2.24) is 9.62 Å². The van der Waals surface area contributed by atoms with Crippen LogP contribution in [-0.2, 0) is 10.0 Å². The molecule has 1 rings (SSSR count). The van der Waals surface area contributed by atoms with E-state index in [4.69, 9.17) is 4.74 Å². The van der Waals surface area contributed by atoms with Gasteiger partial charge in [0.2, 0.25) is 10.0 Å². The van der Waals surface area contributed by atoms with Gasteiger partial charge in [-0.05, 0) is 64.0 Å². The number of methoxy groups -OCH3 is 1. The maximum atomic E-state index is 12.6. The van der Waals surface area contributed by atoms with Gasteiger partial charge in [0.15, 0.2) is 0 Å². The highest BCUT2D eigenvalue weighted by Crippen LogP contribution is 2.24. The molecular formula is C17H30N2O3S. The number of hydrogen-bond donors (Lipinski definition) is 1. The van der Waals surface area contributed by atoms with Gasteiger partial charge in [0.1, 0.15) is 10.6 Å². The van der Waals surface area contributed by atoms with Crippen LogP contribution < -0.4 is 9.46 Å². The van der Waals surface area contributed by atoms with Crippen LogP contribution in [0.25, 0.3) is 0 Å². The van der Waals surface area contributed by atoms with Crippen LogP contribution in [-0.4, -0.2) is 46.1 Å². The minimum atomic E-state index is -3.58.